The van der Waals surface area contributed by atoms with E-state index in [-0.39, 0.29) is 0 Å². The third-order valence-corrected chi connectivity index (χ3v) is 5.29. The van der Waals surface area contributed by atoms with E-state index in [0.717, 1.165) is 50.5 Å². The molecule has 0 amide bonds. The summed E-state index contributed by atoms with van der Waals surface area (Å²) in [6.07, 6.45) is 5.47. The Kier molecular flexibility index (Phi) is 5.70. The first-order chi connectivity index (χ1) is 9.65. The molecule has 1 aliphatic carbocycles. The monoisotopic (exact) mass is 280 g/mol. The van der Waals surface area contributed by atoms with Gasteiger partial charge in [-0.25, -0.2) is 0 Å². The fraction of sp³-hybridized carbons (Fsp3) is 0.938. The lowest BCUT2D eigenvalue weighted by atomic mass is 9.79. The molecule has 1 saturated carbocycles. The van der Waals surface area contributed by atoms with Crippen molar-refractivity contribution >= 4 is 5.96 Å². The Morgan fingerprint density at radius 3 is 2.45 bits per heavy atom. The van der Waals surface area contributed by atoms with Gasteiger partial charge in [-0.3, -0.25) is 4.99 Å². The molecule has 116 valence electrons. The van der Waals surface area contributed by atoms with Crippen molar-refractivity contribution < 1.29 is 0 Å². The summed E-state index contributed by atoms with van der Waals surface area (Å²) in [6, 6.07) is 0.568. The van der Waals surface area contributed by atoms with E-state index in [9.17, 15) is 0 Å². The number of rotatable bonds is 6. The molecule has 0 radical (unpaired) electrons. The van der Waals surface area contributed by atoms with Gasteiger partial charge in [-0.05, 0) is 37.8 Å². The summed E-state index contributed by atoms with van der Waals surface area (Å²) in [6.45, 7) is 12.1. The molecule has 2 N–H and O–H groups in total. The Bertz CT molecular complexity index is 316. The van der Waals surface area contributed by atoms with Crippen molar-refractivity contribution in [1.82, 2.24) is 9.80 Å². The summed E-state index contributed by atoms with van der Waals surface area (Å²) in [7, 11) is 0. The van der Waals surface area contributed by atoms with E-state index in [1.807, 2.05) is 0 Å². The molecule has 2 rings (SSSR count). The lowest BCUT2D eigenvalue weighted by molar-refractivity contribution is 0.165. The Labute approximate surface area is 124 Å². The van der Waals surface area contributed by atoms with Crippen LogP contribution in [0.5, 0.6) is 0 Å². The van der Waals surface area contributed by atoms with Gasteiger partial charge in [0.05, 0.1) is 12.6 Å². The van der Waals surface area contributed by atoms with Crippen molar-refractivity contribution in [2.75, 3.05) is 32.7 Å². The van der Waals surface area contributed by atoms with Crippen LogP contribution >= 0.6 is 0 Å². The first kappa shape index (κ1) is 15.6. The second kappa shape index (κ2) is 7.30. The Morgan fingerprint density at radius 2 is 1.85 bits per heavy atom. The molecule has 4 nitrogen and oxygen atoms in total. The molecule has 4 heteroatoms. The highest BCUT2D eigenvalue weighted by atomic mass is 15.3. The first-order valence-corrected chi connectivity index (χ1v) is 8.44. The zero-order valence-electron chi connectivity index (χ0n) is 13.5. The molecular weight excluding hydrogens is 248 g/mol. The van der Waals surface area contributed by atoms with Gasteiger partial charge in [-0.2, -0.15) is 0 Å². The number of hydrogen-bond acceptors (Lipinski definition) is 4. The minimum atomic E-state index is 0.568. The third-order valence-electron chi connectivity index (χ3n) is 5.29. The van der Waals surface area contributed by atoms with Crippen LogP contribution in [-0.2, 0) is 0 Å². The van der Waals surface area contributed by atoms with Gasteiger partial charge < -0.3 is 15.5 Å². The number of likely N-dealkylation sites (N-methyl/N-ethyl adjacent to an activating group) is 1. The maximum atomic E-state index is 6.13. The van der Waals surface area contributed by atoms with Gasteiger partial charge >= 0.3 is 0 Å². The number of nitrogens with zero attached hydrogens (tertiary/aromatic N) is 3. The molecule has 0 saturated heterocycles. The van der Waals surface area contributed by atoms with Crippen LogP contribution in [0.4, 0.5) is 0 Å². The second-order valence-electron chi connectivity index (χ2n) is 6.51. The van der Waals surface area contributed by atoms with Crippen molar-refractivity contribution in [1.29, 1.82) is 0 Å². The molecule has 1 heterocycles. The van der Waals surface area contributed by atoms with Crippen LogP contribution in [0.25, 0.3) is 0 Å². The fourth-order valence-electron chi connectivity index (χ4n) is 3.69. The SMILES string of the molecule is CCN(CC)CCN1C(N)=NCC1C1CCC(C)CC1. The van der Waals surface area contributed by atoms with Crippen molar-refractivity contribution in [3.63, 3.8) is 0 Å². The molecule has 2 aliphatic rings. The van der Waals surface area contributed by atoms with Crippen LogP contribution in [0, 0.1) is 11.8 Å². The minimum Gasteiger partial charge on any atom is -0.370 e. The molecule has 1 fully saturated rings. The number of hydrogen-bond donors (Lipinski definition) is 1. The van der Waals surface area contributed by atoms with E-state index >= 15 is 0 Å². The molecule has 0 aromatic carbocycles. The number of guanidine groups is 1. The fourth-order valence-corrected chi connectivity index (χ4v) is 3.69. The predicted molar refractivity (Wildman–Crippen MR) is 85.9 cm³/mol. The zero-order valence-corrected chi connectivity index (χ0v) is 13.5. The van der Waals surface area contributed by atoms with Crippen molar-refractivity contribution in [2.45, 2.75) is 52.5 Å². The molecule has 20 heavy (non-hydrogen) atoms. The van der Waals surface area contributed by atoms with E-state index < -0.39 is 0 Å². The van der Waals surface area contributed by atoms with Gasteiger partial charge in [0, 0.05) is 13.1 Å². The summed E-state index contributed by atoms with van der Waals surface area (Å²) in [5, 5.41) is 0. The maximum absolute atomic E-state index is 6.13. The molecular formula is C16H32N4. The van der Waals surface area contributed by atoms with Crippen molar-refractivity contribution in [2.24, 2.45) is 22.6 Å². The predicted octanol–water partition coefficient (Wildman–Crippen LogP) is 2.15. The summed E-state index contributed by atoms with van der Waals surface area (Å²) < 4.78 is 0. The summed E-state index contributed by atoms with van der Waals surface area (Å²) in [4.78, 5) is 9.38. The largest absolute Gasteiger partial charge is 0.370 e. The van der Waals surface area contributed by atoms with Gasteiger partial charge in [-0.15, -0.1) is 0 Å². The first-order valence-electron chi connectivity index (χ1n) is 8.44. The van der Waals surface area contributed by atoms with E-state index in [2.05, 4.69) is 35.6 Å². The average Bonchev–Trinajstić information content (AvgIpc) is 2.82. The lowest BCUT2D eigenvalue weighted by Crippen LogP contribution is -2.48. The second-order valence-corrected chi connectivity index (χ2v) is 6.51. The van der Waals surface area contributed by atoms with E-state index in [1.54, 1.807) is 0 Å². The maximum Gasteiger partial charge on any atom is 0.191 e. The van der Waals surface area contributed by atoms with Gasteiger partial charge in [0.2, 0.25) is 0 Å². The number of nitrogens with two attached hydrogens (primary N) is 1. The van der Waals surface area contributed by atoms with Crippen LogP contribution in [0.15, 0.2) is 4.99 Å². The third kappa shape index (κ3) is 3.66. The van der Waals surface area contributed by atoms with Crippen LogP contribution in [0.3, 0.4) is 0 Å². The van der Waals surface area contributed by atoms with E-state index in [1.165, 1.54) is 25.7 Å². The van der Waals surface area contributed by atoms with Gasteiger partial charge in [0.15, 0.2) is 5.96 Å². The highest BCUT2D eigenvalue weighted by Crippen LogP contribution is 2.33. The van der Waals surface area contributed by atoms with E-state index in [4.69, 9.17) is 5.73 Å². The summed E-state index contributed by atoms with van der Waals surface area (Å²) in [5.41, 5.74) is 6.13. The molecule has 1 atom stereocenters. The van der Waals surface area contributed by atoms with E-state index in [0.29, 0.717) is 6.04 Å². The van der Waals surface area contributed by atoms with Crippen LogP contribution in [-0.4, -0.2) is 54.5 Å². The topological polar surface area (TPSA) is 44.9 Å². The van der Waals surface area contributed by atoms with Crippen molar-refractivity contribution in [3.8, 4) is 0 Å². The minimum absolute atomic E-state index is 0.568. The molecule has 0 aromatic rings. The summed E-state index contributed by atoms with van der Waals surface area (Å²) >= 11 is 0. The summed E-state index contributed by atoms with van der Waals surface area (Å²) in [5.74, 6) is 2.49. The Morgan fingerprint density at radius 1 is 1.20 bits per heavy atom. The van der Waals surface area contributed by atoms with Crippen molar-refractivity contribution in [3.05, 3.63) is 0 Å². The quantitative estimate of drug-likeness (QED) is 0.811. The zero-order chi connectivity index (χ0) is 14.5. The Hall–Kier alpha value is -0.770. The standard InChI is InChI=1S/C16H32N4/c1-4-19(5-2)10-11-20-15(12-18-16(20)17)14-8-6-13(3)7-9-14/h13-15H,4-12H2,1-3H3,(H2,17,18). The van der Waals surface area contributed by atoms with Crippen LogP contribution < -0.4 is 5.73 Å². The average molecular weight is 280 g/mol. The van der Waals surface area contributed by atoms with Crippen LogP contribution in [0.1, 0.15) is 46.5 Å². The molecule has 0 aromatic heterocycles. The number of aliphatic imine (C=N–C) groups is 1. The normalized spacial score (nSPS) is 30.9. The molecule has 1 unspecified atom stereocenters. The van der Waals surface area contributed by atoms with Gasteiger partial charge in [-0.1, -0.05) is 33.6 Å². The molecule has 0 spiro atoms. The highest BCUT2D eigenvalue weighted by molar-refractivity contribution is 5.80. The van der Waals surface area contributed by atoms with Gasteiger partial charge in [0.1, 0.15) is 0 Å². The van der Waals surface area contributed by atoms with Crippen LogP contribution in [0.2, 0.25) is 0 Å². The Balaban J connectivity index is 1.89. The smallest absolute Gasteiger partial charge is 0.191 e. The lowest BCUT2D eigenvalue weighted by Gasteiger charge is -2.37. The molecule has 1 aliphatic heterocycles. The van der Waals surface area contributed by atoms with Gasteiger partial charge in [0.25, 0.3) is 0 Å². The molecule has 0 bridgehead atoms. The highest BCUT2D eigenvalue weighted by Gasteiger charge is 2.34.